The molecule has 0 aliphatic rings. The predicted molar refractivity (Wildman–Crippen MR) is 64.0 cm³/mol. The fourth-order valence-electron chi connectivity index (χ4n) is 1.03. The van der Waals surface area contributed by atoms with Crippen LogP contribution in [-0.2, 0) is 0 Å². The molecule has 2 aromatic rings. The van der Waals surface area contributed by atoms with E-state index < -0.39 is 0 Å². The van der Waals surface area contributed by atoms with Crippen LogP contribution in [0.5, 0.6) is 0 Å². The molecule has 0 saturated carbocycles. The van der Waals surface area contributed by atoms with Gasteiger partial charge in [-0.05, 0) is 12.1 Å². The summed E-state index contributed by atoms with van der Waals surface area (Å²) in [6.07, 6.45) is 6.46. The van der Waals surface area contributed by atoms with Gasteiger partial charge in [0.2, 0.25) is 0 Å². The maximum atomic E-state index is 10.2. The van der Waals surface area contributed by atoms with E-state index in [1.807, 2.05) is 31.1 Å². The summed E-state index contributed by atoms with van der Waals surface area (Å²) in [5.74, 6) is 0. The Kier molecular flexibility index (Phi) is 4.79. The Labute approximate surface area is 95.4 Å². The Morgan fingerprint density at radius 2 is 1.62 bits per heavy atom. The Hall–Kier alpha value is -2.10. The minimum atomic E-state index is 0.750. The minimum absolute atomic E-state index is 0.750. The van der Waals surface area contributed by atoms with E-state index in [1.165, 1.54) is 18.1 Å². The molecule has 84 valence electrons. The Bertz CT molecular complexity index is 390. The highest BCUT2D eigenvalue weighted by atomic mass is 16.5. The maximum absolute atomic E-state index is 10.2. The quantitative estimate of drug-likeness (QED) is 0.536. The van der Waals surface area contributed by atoms with Crippen LogP contribution in [0.15, 0.2) is 55.1 Å². The maximum Gasteiger partial charge on any atom is 0.180 e. The normalized spacial score (nSPS) is 8.88. The van der Waals surface area contributed by atoms with Crippen molar-refractivity contribution in [2.45, 2.75) is 0 Å². The molecule has 0 saturated heterocycles. The fourth-order valence-corrected chi connectivity index (χ4v) is 1.03. The monoisotopic (exact) mass is 217 g/mol. The highest BCUT2D eigenvalue weighted by molar-refractivity contribution is 5.42. The predicted octanol–water partition coefficient (Wildman–Crippen LogP) is 1.47. The molecule has 0 aromatic carbocycles. The van der Waals surface area contributed by atoms with E-state index in [2.05, 4.69) is 4.98 Å². The van der Waals surface area contributed by atoms with Crippen LogP contribution in [0.3, 0.4) is 0 Å². The standard InChI is InChI=1S/C7H10N2.C5H5NO/c1-9(2)7-3-5-8-6-4-7;7-6-4-2-1-3-5-6/h3-6H,1-2H3;1-5H. The average Bonchev–Trinajstić information content (AvgIpc) is 2.32. The van der Waals surface area contributed by atoms with Gasteiger partial charge in [0.1, 0.15) is 0 Å². The Balaban J connectivity index is 0.000000165. The van der Waals surface area contributed by atoms with Crippen molar-refractivity contribution in [3.63, 3.8) is 0 Å². The van der Waals surface area contributed by atoms with E-state index >= 15 is 0 Å². The number of nitrogens with zero attached hydrogens (tertiary/aromatic N) is 3. The molecule has 0 bridgehead atoms. The summed E-state index contributed by atoms with van der Waals surface area (Å²) in [5, 5.41) is 10.2. The zero-order valence-electron chi connectivity index (χ0n) is 9.45. The van der Waals surface area contributed by atoms with Gasteiger partial charge in [0.05, 0.1) is 0 Å². The number of anilines is 1. The SMILES string of the molecule is CN(C)c1ccncc1.[O-][n+]1ccccc1. The molecular formula is C12H15N3O. The lowest BCUT2D eigenvalue weighted by Gasteiger charge is -2.10. The van der Waals surface area contributed by atoms with Crippen molar-refractivity contribution in [1.82, 2.24) is 4.98 Å². The molecule has 0 aliphatic carbocycles. The minimum Gasteiger partial charge on any atom is -0.619 e. The molecule has 4 nitrogen and oxygen atoms in total. The third-order valence-corrected chi connectivity index (χ3v) is 1.87. The van der Waals surface area contributed by atoms with Crippen LogP contribution in [0.2, 0.25) is 0 Å². The lowest BCUT2D eigenvalue weighted by Crippen LogP contribution is -2.22. The van der Waals surface area contributed by atoms with Gasteiger partial charge in [-0.2, -0.15) is 4.73 Å². The molecule has 0 aliphatic heterocycles. The molecule has 0 unspecified atom stereocenters. The second kappa shape index (κ2) is 6.40. The van der Waals surface area contributed by atoms with Crippen LogP contribution < -0.4 is 9.63 Å². The highest BCUT2D eigenvalue weighted by Gasteiger charge is 1.88. The van der Waals surface area contributed by atoms with E-state index in [4.69, 9.17) is 0 Å². The first-order valence-electron chi connectivity index (χ1n) is 4.91. The lowest BCUT2D eigenvalue weighted by atomic mass is 10.4. The highest BCUT2D eigenvalue weighted by Crippen LogP contribution is 2.05. The summed E-state index contributed by atoms with van der Waals surface area (Å²) in [6.45, 7) is 0. The molecule has 0 fully saturated rings. The van der Waals surface area contributed by atoms with E-state index in [9.17, 15) is 5.21 Å². The van der Waals surface area contributed by atoms with Crippen LogP contribution in [0.1, 0.15) is 0 Å². The zero-order chi connectivity index (χ0) is 11.8. The van der Waals surface area contributed by atoms with E-state index in [-0.39, 0.29) is 0 Å². The van der Waals surface area contributed by atoms with Crippen molar-refractivity contribution in [2.75, 3.05) is 19.0 Å². The number of hydrogen-bond donors (Lipinski definition) is 0. The van der Waals surface area contributed by atoms with Gasteiger partial charge >= 0.3 is 0 Å². The topological polar surface area (TPSA) is 43.1 Å². The van der Waals surface area contributed by atoms with Crippen molar-refractivity contribution in [2.24, 2.45) is 0 Å². The van der Waals surface area contributed by atoms with Crippen molar-refractivity contribution < 1.29 is 4.73 Å². The lowest BCUT2D eigenvalue weighted by molar-refractivity contribution is -0.605. The molecule has 0 radical (unpaired) electrons. The van der Waals surface area contributed by atoms with Crippen LogP contribution in [-0.4, -0.2) is 19.1 Å². The van der Waals surface area contributed by atoms with E-state index in [0.29, 0.717) is 0 Å². The third-order valence-electron chi connectivity index (χ3n) is 1.87. The first-order chi connectivity index (χ1) is 7.70. The molecule has 0 spiro atoms. The van der Waals surface area contributed by atoms with Crippen LogP contribution in [0.4, 0.5) is 5.69 Å². The van der Waals surface area contributed by atoms with Crippen molar-refractivity contribution >= 4 is 5.69 Å². The van der Waals surface area contributed by atoms with Crippen LogP contribution in [0.25, 0.3) is 0 Å². The van der Waals surface area contributed by atoms with Crippen molar-refractivity contribution in [1.29, 1.82) is 0 Å². The van der Waals surface area contributed by atoms with Gasteiger partial charge in [0.25, 0.3) is 0 Å². The molecular weight excluding hydrogens is 202 g/mol. The van der Waals surface area contributed by atoms with E-state index in [1.54, 1.807) is 30.6 Å². The second-order valence-corrected chi connectivity index (χ2v) is 3.34. The molecule has 2 rings (SSSR count). The van der Waals surface area contributed by atoms with Crippen molar-refractivity contribution in [3.8, 4) is 0 Å². The number of rotatable bonds is 1. The molecule has 2 heterocycles. The molecule has 2 aromatic heterocycles. The molecule has 0 atom stereocenters. The summed E-state index contributed by atoms with van der Waals surface area (Å²) in [6, 6.07) is 9.12. The van der Waals surface area contributed by atoms with E-state index in [0.717, 1.165) is 4.73 Å². The third kappa shape index (κ3) is 4.41. The number of hydrogen-bond acceptors (Lipinski definition) is 3. The Morgan fingerprint density at radius 3 is 1.94 bits per heavy atom. The van der Waals surface area contributed by atoms with Crippen LogP contribution in [0, 0.1) is 5.21 Å². The molecule has 16 heavy (non-hydrogen) atoms. The number of pyridine rings is 2. The van der Waals surface area contributed by atoms with Crippen molar-refractivity contribution in [3.05, 3.63) is 60.3 Å². The van der Waals surface area contributed by atoms with Gasteiger partial charge in [-0.25, -0.2) is 0 Å². The zero-order valence-corrected chi connectivity index (χ0v) is 9.45. The summed E-state index contributed by atoms with van der Waals surface area (Å²) in [5.41, 5.74) is 1.19. The number of aromatic nitrogens is 2. The smallest absolute Gasteiger partial charge is 0.180 e. The summed E-state index contributed by atoms with van der Waals surface area (Å²) in [4.78, 5) is 5.94. The van der Waals surface area contributed by atoms with Crippen LogP contribution >= 0.6 is 0 Å². The summed E-state index contributed by atoms with van der Waals surface area (Å²) >= 11 is 0. The Morgan fingerprint density at radius 1 is 1.06 bits per heavy atom. The summed E-state index contributed by atoms with van der Waals surface area (Å²) < 4.78 is 0.750. The van der Waals surface area contributed by atoms with Gasteiger partial charge in [0, 0.05) is 44.3 Å². The fraction of sp³-hybridized carbons (Fsp3) is 0.167. The van der Waals surface area contributed by atoms with Gasteiger partial charge in [-0.15, -0.1) is 0 Å². The average molecular weight is 217 g/mol. The molecule has 0 amide bonds. The second-order valence-electron chi connectivity index (χ2n) is 3.34. The van der Waals surface area contributed by atoms with Gasteiger partial charge in [0.15, 0.2) is 12.4 Å². The van der Waals surface area contributed by atoms with Gasteiger partial charge in [-0.3, -0.25) is 4.98 Å². The van der Waals surface area contributed by atoms with Gasteiger partial charge in [-0.1, -0.05) is 6.07 Å². The first kappa shape index (κ1) is 12.0. The molecule has 0 N–H and O–H groups in total. The summed E-state index contributed by atoms with van der Waals surface area (Å²) in [7, 11) is 4.02. The molecule has 4 heteroatoms. The van der Waals surface area contributed by atoms with Gasteiger partial charge < -0.3 is 10.1 Å². The first-order valence-corrected chi connectivity index (χ1v) is 4.91. The largest absolute Gasteiger partial charge is 0.619 e.